The van der Waals surface area contributed by atoms with Crippen LogP contribution in [-0.2, 0) is 6.42 Å². The largest absolute Gasteiger partial charge is 0.497 e. The lowest BCUT2D eigenvalue weighted by atomic mass is 10.1. The molecule has 0 radical (unpaired) electrons. The highest BCUT2D eigenvalue weighted by Gasteiger charge is 2.15. The predicted octanol–water partition coefficient (Wildman–Crippen LogP) is 3.38. The lowest BCUT2D eigenvalue weighted by molar-refractivity contribution is 0.0955. The summed E-state index contributed by atoms with van der Waals surface area (Å²) in [6, 6.07) is 19.6. The number of aromatic nitrogens is 3. The van der Waals surface area contributed by atoms with Crippen LogP contribution in [0.1, 0.15) is 15.9 Å². The van der Waals surface area contributed by atoms with E-state index in [1.807, 2.05) is 60.7 Å². The monoisotopic (exact) mass is 372 g/mol. The molecule has 4 aromatic rings. The number of carbonyl (C=O) groups excluding carboxylic acids is 1. The minimum absolute atomic E-state index is 0.179. The molecule has 0 bridgehead atoms. The average molecular weight is 372 g/mol. The molecule has 2 aromatic carbocycles. The molecule has 0 saturated carbocycles. The van der Waals surface area contributed by atoms with Crippen molar-refractivity contribution in [2.45, 2.75) is 6.42 Å². The van der Waals surface area contributed by atoms with Crippen LogP contribution in [0.2, 0.25) is 0 Å². The minimum atomic E-state index is -0.179. The smallest absolute Gasteiger partial charge is 0.256 e. The van der Waals surface area contributed by atoms with E-state index in [1.165, 1.54) is 0 Å². The van der Waals surface area contributed by atoms with Crippen LogP contribution in [-0.4, -0.2) is 34.2 Å². The Labute approximate surface area is 162 Å². The molecule has 0 aliphatic heterocycles. The molecule has 0 unspecified atom stereocenters. The highest BCUT2D eigenvalue weighted by molar-refractivity contribution is 5.99. The highest BCUT2D eigenvalue weighted by atomic mass is 16.5. The molecule has 2 aromatic heterocycles. The Hall–Kier alpha value is -3.67. The van der Waals surface area contributed by atoms with Crippen LogP contribution in [0.3, 0.4) is 0 Å². The van der Waals surface area contributed by atoms with Crippen molar-refractivity contribution < 1.29 is 9.53 Å². The topological polar surface area (TPSA) is 68.5 Å². The van der Waals surface area contributed by atoms with Gasteiger partial charge in [0.15, 0.2) is 5.65 Å². The molecule has 0 saturated heterocycles. The number of ether oxygens (including phenoxy) is 1. The fourth-order valence-corrected chi connectivity index (χ4v) is 3.09. The molecule has 1 N–H and O–H groups in total. The maximum absolute atomic E-state index is 12.6. The summed E-state index contributed by atoms with van der Waals surface area (Å²) in [5, 5.41) is 7.33. The van der Waals surface area contributed by atoms with Crippen molar-refractivity contribution >= 4 is 11.6 Å². The number of carbonyl (C=O) groups is 1. The van der Waals surface area contributed by atoms with E-state index < -0.39 is 0 Å². The molecule has 28 heavy (non-hydrogen) atoms. The second kappa shape index (κ2) is 7.92. The number of hydrogen-bond donors (Lipinski definition) is 1. The number of nitrogens with one attached hydrogen (secondary N) is 1. The third kappa shape index (κ3) is 3.57. The van der Waals surface area contributed by atoms with E-state index in [2.05, 4.69) is 15.4 Å². The standard InChI is InChI=1S/C22H20N4O2/c1-28-18-9-7-16(8-10-18)11-13-24-22(27)19-15-25-26-20(12-14-23-21(19)26)17-5-3-2-4-6-17/h2-10,12,14-15H,11,13H2,1H3,(H,24,27). The molecule has 0 aliphatic carbocycles. The summed E-state index contributed by atoms with van der Waals surface area (Å²) in [5.74, 6) is 0.639. The molecular formula is C22H20N4O2. The molecule has 140 valence electrons. The zero-order chi connectivity index (χ0) is 19.3. The molecule has 0 spiro atoms. The number of amides is 1. The van der Waals surface area contributed by atoms with Gasteiger partial charge in [0.25, 0.3) is 5.91 Å². The maximum Gasteiger partial charge on any atom is 0.256 e. The van der Waals surface area contributed by atoms with Gasteiger partial charge in [0.05, 0.1) is 19.0 Å². The van der Waals surface area contributed by atoms with Crippen LogP contribution in [0.25, 0.3) is 16.9 Å². The molecule has 6 heteroatoms. The fourth-order valence-electron chi connectivity index (χ4n) is 3.09. The summed E-state index contributed by atoms with van der Waals surface area (Å²) in [6.07, 6.45) is 4.00. The summed E-state index contributed by atoms with van der Waals surface area (Å²) in [6.45, 7) is 0.529. The second-order valence-electron chi connectivity index (χ2n) is 6.34. The Bertz CT molecular complexity index is 1090. The summed E-state index contributed by atoms with van der Waals surface area (Å²) < 4.78 is 6.86. The molecule has 0 atom stereocenters. The van der Waals surface area contributed by atoms with Gasteiger partial charge < -0.3 is 10.1 Å². The minimum Gasteiger partial charge on any atom is -0.497 e. The van der Waals surface area contributed by atoms with Crippen molar-refractivity contribution in [3.63, 3.8) is 0 Å². The Morgan fingerprint density at radius 3 is 2.61 bits per heavy atom. The van der Waals surface area contributed by atoms with Crippen LogP contribution >= 0.6 is 0 Å². The summed E-state index contributed by atoms with van der Waals surface area (Å²) in [4.78, 5) is 17.0. The Morgan fingerprint density at radius 1 is 1.07 bits per heavy atom. The van der Waals surface area contributed by atoms with Crippen molar-refractivity contribution in [2.75, 3.05) is 13.7 Å². The number of rotatable bonds is 6. The molecule has 2 heterocycles. The highest BCUT2D eigenvalue weighted by Crippen LogP contribution is 2.20. The van der Waals surface area contributed by atoms with Crippen LogP contribution in [0.15, 0.2) is 73.1 Å². The number of methoxy groups -OCH3 is 1. The molecule has 4 rings (SSSR count). The lowest BCUT2D eigenvalue weighted by Crippen LogP contribution is -2.25. The number of hydrogen-bond acceptors (Lipinski definition) is 4. The van der Waals surface area contributed by atoms with Crippen molar-refractivity contribution in [3.05, 3.63) is 84.2 Å². The Morgan fingerprint density at radius 2 is 1.86 bits per heavy atom. The maximum atomic E-state index is 12.6. The third-order valence-corrected chi connectivity index (χ3v) is 4.57. The molecule has 1 amide bonds. The van der Waals surface area contributed by atoms with Gasteiger partial charge in [0, 0.05) is 18.3 Å². The van der Waals surface area contributed by atoms with E-state index in [0.717, 1.165) is 29.0 Å². The molecule has 6 nitrogen and oxygen atoms in total. The second-order valence-corrected chi connectivity index (χ2v) is 6.34. The first kappa shape index (κ1) is 17.7. The lowest BCUT2D eigenvalue weighted by Gasteiger charge is -2.06. The van der Waals surface area contributed by atoms with Gasteiger partial charge in [-0.05, 0) is 30.2 Å². The van der Waals surface area contributed by atoms with Gasteiger partial charge in [0.1, 0.15) is 11.3 Å². The Balaban J connectivity index is 1.48. The van der Waals surface area contributed by atoms with Gasteiger partial charge in [-0.2, -0.15) is 5.10 Å². The van der Waals surface area contributed by atoms with Crippen molar-refractivity contribution in [1.82, 2.24) is 19.9 Å². The first-order valence-electron chi connectivity index (χ1n) is 9.05. The Kier molecular flexibility index (Phi) is 5.01. The van der Waals surface area contributed by atoms with Gasteiger partial charge >= 0.3 is 0 Å². The summed E-state index contributed by atoms with van der Waals surface area (Å²) in [5.41, 5.74) is 4.05. The van der Waals surface area contributed by atoms with Gasteiger partial charge in [-0.1, -0.05) is 42.5 Å². The van der Waals surface area contributed by atoms with E-state index in [9.17, 15) is 4.79 Å². The van der Waals surface area contributed by atoms with Gasteiger partial charge in [-0.3, -0.25) is 4.79 Å². The van der Waals surface area contributed by atoms with Gasteiger partial charge in [-0.15, -0.1) is 0 Å². The van der Waals surface area contributed by atoms with Crippen molar-refractivity contribution in [1.29, 1.82) is 0 Å². The predicted molar refractivity (Wildman–Crippen MR) is 107 cm³/mol. The summed E-state index contributed by atoms with van der Waals surface area (Å²) >= 11 is 0. The van der Waals surface area contributed by atoms with Crippen LogP contribution < -0.4 is 10.1 Å². The first-order valence-corrected chi connectivity index (χ1v) is 9.05. The van der Waals surface area contributed by atoms with Crippen LogP contribution in [0.4, 0.5) is 0 Å². The zero-order valence-electron chi connectivity index (χ0n) is 15.5. The quantitative estimate of drug-likeness (QED) is 0.563. The van der Waals surface area contributed by atoms with Crippen molar-refractivity contribution in [2.24, 2.45) is 0 Å². The first-order chi connectivity index (χ1) is 13.8. The number of fused-ring (bicyclic) bond motifs is 1. The SMILES string of the molecule is COc1ccc(CCNC(=O)c2cnn3c(-c4ccccc4)ccnc23)cc1. The van der Waals surface area contributed by atoms with Gasteiger partial charge in [0.2, 0.25) is 0 Å². The zero-order valence-corrected chi connectivity index (χ0v) is 15.5. The molecular weight excluding hydrogens is 352 g/mol. The van der Waals surface area contributed by atoms with E-state index in [4.69, 9.17) is 4.74 Å². The normalized spacial score (nSPS) is 10.8. The molecule has 0 aliphatic rings. The van der Waals surface area contributed by atoms with Gasteiger partial charge in [-0.25, -0.2) is 9.50 Å². The van der Waals surface area contributed by atoms with E-state index >= 15 is 0 Å². The fraction of sp³-hybridized carbons (Fsp3) is 0.136. The van der Waals surface area contributed by atoms with E-state index in [0.29, 0.717) is 17.8 Å². The van der Waals surface area contributed by atoms with E-state index in [1.54, 1.807) is 24.0 Å². The van der Waals surface area contributed by atoms with Crippen LogP contribution in [0, 0.1) is 0 Å². The van der Waals surface area contributed by atoms with E-state index in [-0.39, 0.29) is 5.91 Å². The summed E-state index contributed by atoms with van der Waals surface area (Å²) in [7, 11) is 1.64. The average Bonchev–Trinajstić information content (AvgIpc) is 3.19. The number of nitrogens with zero attached hydrogens (tertiary/aromatic N) is 3. The van der Waals surface area contributed by atoms with Crippen LogP contribution in [0.5, 0.6) is 5.75 Å². The number of benzene rings is 2. The third-order valence-electron chi connectivity index (χ3n) is 4.57. The molecule has 0 fully saturated rings. The van der Waals surface area contributed by atoms with Crippen molar-refractivity contribution in [3.8, 4) is 17.0 Å².